The number of piperazine rings is 1. The molecule has 2 aromatic rings. The molecule has 0 aliphatic carbocycles. The third-order valence-electron chi connectivity index (χ3n) is 5.23. The lowest BCUT2D eigenvalue weighted by Gasteiger charge is -2.36. The Hall–Kier alpha value is -1.92. The monoisotopic (exact) mass is 344 g/mol. The van der Waals surface area contributed by atoms with Crippen LogP contribution in [0.4, 0.5) is 10.1 Å². The molecule has 2 aliphatic rings. The van der Waals surface area contributed by atoms with E-state index < -0.39 is 0 Å². The number of ether oxygens (including phenoxy) is 1. The highest BCUT2D eigenvalue weighted by Gasteiger charge is 2.19. The Kier molecular flexibility index (Phi) is 4.99. The Labute approximate surface area is 147 Å². The van der Waals surface area contributed by atoms with Gasteiger partial charge in [-0.25, -0.2) is 4.39 Å². The van der Waals surface area contributed by atoms with Gasteiger partial charge in [-0.1, -0.05) is 0 Å². The average Bonchev–Trinajstić information content (AvgIpc) is 3.06. The molecule has 0 spiro atoms. The van der Waals surface area contributed by atoms with Crippen molar-refractivity contribution in [1.29, 1.82) is 0 Å². The molecule has 0 bridgehead atoms. The summed E-state index contributed by atoms with van der Waals surface area (Å²) in [6.45, 7) is 6.71. The third kappa shape index (κ3) is 3.85. The first-order chi connectivity index (χ1) is 12.3. The minimum Gasteiger partial charge on any atom is -0.376 e. The van der Waals surface area contributed by atoms with Crippen molar-refractivity contribution in [3.8, 4) is 0 Å². The molecule has 0 unspecified atom stereocenters. The van der Waals surface area contributed by atoms with Gasteiger partial charge in [0, 0.05) is 49.5 Å². The summed E-state index contributed by atoms with van der Waals surface area (Å²) in [6, 6.07) is 6.82. The molecule has 0 saturated carbocycles. The predicted octanol–water partition coefficient (Wildman–Crippen LogP) is 2.38. The molecule has 3 heterocycles. The van der Waals surface area contributed by atoms with E-state index in [2.05, 4.69) is 20.0 Å². The number of nitrogens with one attached hydrogen (secondary N) is 1. The van der Waals surface area contributed by atoms with Gasteiger partial charge in [0.05, 0.1) is 18.9 Å². The van der Waals surface area contributed by atoms with Crippen molar-refractivity contribution in [2.45, 2.75) is 25.9 Å². The molecule has 5 nitrogen and oxygen atoms in total. The maximum atomic E-state index is 13.0. The van der Waals surface area contributed by atoms with Gasteiger partial charge < -0.3 is 9.64 Å². The normalized spacial score (nSPS) is 18.4. The number of nitrogens with zero attached hydrogens (tertiary/aromatic N) is 3. The largest absolute Gasteiger partial charge is 0.376 e. The lowest BCUT2D eigenvalue weighted by molar-refractivity contribution is 0.109. The van der Waals surface area contributed by atoms with Crippen molar-refractivity contribution in [2.24, 2.45) is 0 Å². The van der Waals surface area contributed by atoms with Crippen LogP contribution in [-0.2, 0) is 24.2 Å². The van der Waals surface area contributed by atoms with Crippen molar-refractivity contribution < 1.29 is 9.13 Å². The third-order valence-corrected chi connectivity index (χ3v) is 5.23. The SMILES string of the molecule is Fc1ccc(N2CCN(CCCc3[nH]nc4c3COCC4)CC2)cc1. The van der Waals surface area contributed by atoms with Gasteiger partial charge in [0.25, 0.3) is 0 Å². The summed E-state index contributed by atoms with van der Waals surface area (Å²) >= 11 is 0. The standard InChI is InChI=1S/C19H25FN4O/c20-15-3-5-16(6-4-15)24-11-9-23(10-12-24)8-1-2-18-17-14-25-13-7-19(17)22-21-18/h3-6H,1-2,7-14H2,(H,21,22). The van der Waals surface area contributed by atoms with Gasteiger partial charge in [0.1, 0.15) is 5.82 Å². The van der Waals surface area contributed by atoms with E-state index in [1.165, 1.54) is 29.1 Å². The van der Waals surface area contributed by atoms with E-state index in [0.29, 0.717) is 6.61 Å². The summed E-state index contributed by atoms with van der Waals surface area (Å²) in [5.41, 5.74) is 4.84. The highest BCUT2D eigenvalue weighted by atomic mass is 19.1. The second-order valence-corrected chi connectivity index (χ2v) is 6.84. The summed E-state index contributed by atoms with van der Waals surface area (Å²) in [5, 5.41) is 7.62. The highest BCUT2D eigenvalue weighted by Crippen LogP contribution is 2.20. The maximum Gasteiger partial charge on any atom is 0.123 e. The van der Waals surface area contributed by atoms with Crippen LogP contribution < -0.4 is 4.90 Å². The van der Waals surface area contributed by atoms with Crippen molar-refractivity contribution in [3.63, 3.8) is 0 Å². The number of fused-ring (bicyclic) bond motifs is 1. The fourth-order valence-electron chi connectivity index (χ4n) is 3.73. The molecule has 2 aliphatic heterocycles. The summed E-state index contributed by atoms with van der Waals surface area (Å²) in [6.07, 6.45) is 3.09. The van der Waals surface area contributed by atoms with Gasteiger partial charge in [0.2, 0.25) is 0 Å². The van der Waals surface area contributed by atoms with E-state index >= 15 is 0 Å². The molecule has 6 heteroatoms. The maximum absolute atomic E-state index is 13.0. The number of aromatic nitrogens is 2. The molecular weight excluding hydrogens is 319 g/mol. The number of benzene rings is 1. The number of aromatic amines is 1. The minimum atomic E-state index is -0.172. The molecule has 1 N–H and O–H groups in total. The number of H-pyrrole nitrogens is 1. The Morgan fingerprint density at radius 3 is 2.72 bits per heavy atom. The first kappa shape index (κ1) is 16.5. The van der Waals surface area contributed by atoms with Crippen molar-refractivity contribution in [3.05, 3.63) is 47.0 Å². The molecule has 1 saturated heterocycles. The molecule has 1 aromatic heterocycles. The van der Waals surface area contributed by atoms with Crippen LogP contribution in [-0.4, -0.2) is 54.4 Å². The highest BCUT2D eigenvalue weighted by molar-refractivity contribution is 5.46. The smallest absolute Gasteiger partial charge is 0.123 e. The molecule has 0 radical (unpaired) electrons. The fraction of sp³-hybridized carbons (Fsp3) is 0.526. The molecule has 0 atom stereocenters. The van der Waals surface area contributed by atoms with E-state index in [1.807, 2.05) is 12.1 Å². The molecule has 0 amide bonds. The molecule has 4 rings (SSSR count). The van der Waals surface area contributed by atoms with Crippen molar-refractivity contribution >= 4 is 5.69 Å². The van der Waals surface area contributed by atoms with Crippen LogP contribution in [0.2, 0.25) is 0 Å². The first-order valence-electron chi connectivity index (χ1n) is 9.15. The first-order valence-corrected chi connectivity index (χ1v) is 9.15. The Bertz CT molecular complexity index is 692. The fourth-order valence-corrected chi connectivity index (χ4v) is 3.73. The summed E-state index contributed by atoms with van der Waals surface area (Å²) in [5.74, 6) is -0.172. The minimum absolute atomic E-state index is 0.172. The molecular formula is C19H25FN4O. The van der Waals surface area contributed by atoms with Crippen LogP contribution in [0.15, 0.2) is 24.3 Å². The number of hydrogen-bond acceptors (Lipinski definition) is 4. The molecule has 134 valence electrons. The van der Waals surface area contributed by atoms with Gasteiger partial charge in [0.15, 0.2) is 0 Å². The van der Waals surface area contributed by atoms with E-state index in [9.17, 15) is 4.39 Å². The summed E-state index contributed by atoms with van der Waals surface area (Å²) in [4.78, 5) is 4.85. The van der Waals surface area contributed by atoms with Crippen LogP contribution in [0, 0.1) is 5.82 Å². The predicted molar refractivity (Wildman–Crippen MR) is 95.3 cm³/mol. The Morgan fingerprint density at radius 1 is 1.12 bits per heavy atom. The number of anilines is 1. The van der Waals surface area contributed by atoms with Gasteiger partial charge in [-0.05, 0) is 43.7 Å². The number of aryl methyl sites for hydroxylation is 1. The molecule has 25 heavy (non-hydrogen) atoms. The molecule has 1 fully saturated rings. The average molecular weight is 344 g/mol. The summed E-state index contributed by atoms with van der Waals surface area (Å²) < 4.78 is 18.6. The summed E-state index contributed by atoms with van der Waals surface area (Å²) in [7, 11) is 0. The second-order valence-electron chi connectivity index (χ2n) is 6.84. The molecule has 1 aromatic carbocycles. The number of rotatable bonds is 5. The van der Waals surface area contributed by atoms with Gasteiger partial charge in [-0.15, -0.1) is 0 Å². The van der Waals surface area contributed by atoms with E-state index in [4.69, 9.17) is 4.74 Å². The lowest BCUT2D eigenvalue weighted by Crippen LogP contribution is -2.46. The zero-order valence-electron chi connectivity index (χ0n) is 14.5. The zero-order chi connectivity index (χ0) is 17.1. The zero-order valence-corrected chi connectivity index (χ0v) is 14.5. The van der Waals surface area contributed by atoms with Gasteiger partial charge >= 0.3 is 0 Å². The topological polar surface area (TPSA) is 44.4 Å². The lowest BCUT2D eigenvalue weighted by atomic mass is 10.1. The van der Waals surface area contributed by atoms with Gasteiger partial charge in [-0.3, -0.25) is 10.00 Å². The number of hydrogen-bond donors (Lipinski definition) is 1. The second kappa shape index (κ2) is 7.54. The van der Waals surface area contributed by atoms with Crippen LogP contribution in [0.3, 0.4) is 0 Å². The van der Waals surface area contributed by atoms with E-state index in [1.54, 1.807) is 0 Å². The van der Waals surface area contributed by atoms with E-state index in [0.717, 1.165) is 64.3 Å². The number of halogens is 1. The Morgan fingerprint density at radius 2 is 1.92 bits per heavy atom. The Balaban J connectivity index is 1.23. The van der Waals surface area contributed by atoms with E-state index in [-0.39, 0.29) is 5.82 Å². The van der Waals surface area contributed by atoms with Crippen LogP contribution >= 0.6 is 0 Å². The van der Waals surface area contributed by atoms with Crippen LogP contribution in [0.25, 0.3) is 0 Å². The van der Waals surface area contributed by atoms with Gasteiger partial charge in [-0.2, -0.15) is 5.10 Å². The quantitative estimate of drug-likeness (QED) is 0.904. The van der Waals surface area contributed by atoms with Crippen molar-refractivity contribution in [1.82, 2.24) is 15.1 Å². The van der Waals surface area contributed by atoms with Crippen molar-refractivity contribution in [2.75, 3.05) is 44.2 Å². The van der Waals surface area contributed by atoms with Crippen LogP contribution in [0.5, 0.6) is 0 Å². The van der Waals surface area contributed by atoms with Crippen LogP contribution in [0.1, 0.15) is 23.4 Å².